The molecular formula is C15H18BrF2NO. The van der Waals surface area contributed by atoms with Gasteiger partial charge in [0.15, 0.2) is 11.6 Å². The number of hydrogen-bond acceptors (Lipinski definition) is 1. The summed E-state index contributed by atoms with van der Waals surface area (Å²) in [6, 6.07) is 3.22. The van der Waals surface area contributed by atoms with Crippen LogP contribution in [-0.2, 0) is 0 Å². The van der Waals surface area contributed by atoms with E-state index in [-0.39, 0.29) is 11.5 Å². The highest BCUT2D eigenvalue weighted by atomic mass is 79.9. The van der Waals surface area contributed by atoms with E-state index >= 15 is 0 Å². The molecule has 1 aliphatic carbocycles. The van der Waals surface area contributed by atoms with Gasteiger partial charge in [-0.2, -0.15) is 0 Å². The van der Waals surface area contributed by atoms with Crippen molar-refractivity contribution in [1.82, 2.24) is 5.32 Å². The molecule has 1 aromatic carbocycles. The summed E-state index contributed by atoms with van der Waals surface area (Å²) in [7, 11) is 0. The number of nitrogens with one attached hydrogen (secondary N) is 1. The Morgan fingerprint density at radius 1 is 1.20 bits per heavy atom. The van der Waals surface area contributed by atoms with Crippen molar-refractivity contribution < 1.29 is 13.6 Å². The van der Waals surface area contributed by atoms with Crippen LogP contribution in [0.1, 0.15) is 36.0 Å². The second kappa shape index (κ2) is 7.16. The first-order valence-corrected chi connectivity index (χ1v) is 8.03. The van der Waals surface area contributed by atoms with Crippen molar-refractivity contribution in [2.24, 2.45) is 11.8 Å². The molecule has 110 valence electrons. The second-order valence-electron chi connectivity index (χ2n) is 5.30. The van der Waals surface area contributed by atoms with Crippen molar-refractivity contribution in [2.45, 2.75) is 25.7 Å². The van der Waals surface area contributed by atoms with E-state index in [9.17, 15) is 13.6 Å². The predicted octanol–water partition coefficient (Wildman–Crippen LogP) is 3.90. The molecule has 1 fully saturated rings. The molecule has 1 saturated carbocycles. The Bertz CT molecular complexity index is 481. The number of halogens is 3. The number of benzene rings is 1. The summed E-state index contributed by atoms with van der Waals surface area (Å²) in [5, 5.41) is 3.77. The van der Waals surface area contributed by atoms with Crippen LogP contribution in [0.15, 0.2) is 18.2 Å². The summed E-state index contributed by atoms with van der Waals surface area (Å²) >= 11 is 3.52. The lowest BCUT2D eigenvalue weighted by molar-refractivity contribution is 0.0936. The lowest BCUT2D eigenvalue weighted by Crippen LogP contribution is -2.34. The minimum atomic E-state index is -0.992. The van der Waals surface area contributed by atoms with Gasteiger partial charge in [-0.15, -0.1) is 0 Å². The first-order chi connectivity index (χ1) is 9.61. The summed E-state index contributed by atoms with van der Waals surface area (Å²) < 4.78 is 25.9. The highest BCUT2D eigenvalue weighted by molar-refractivity contribution is 9.09. The highest BCUT2D eigenvalue weighted by Crippen LogP contribution is 2.30. The van der Waals surface area contributed by atoms with Gasteiger partial charge < -0.3 is 5.32 Å². The minimum absolute atomic E-state index is 0.162. The summed E-state index contributed by atoms with van der Waals surface area (Å²) in [5.74, 6) is -1.24. The fourth-order valence-electron chi connectivity index (χ4n) is 2.72. The van der Waals surface area contributed by atoms with Gasteiger partial charge in [-0.25, -0.2) is 8.78 Å². The number of alkyl halides is 1. The Labute approximate surface area is 126 Å². The van der Waals surface area contributed by atoms with Crippen molar-refractivity contribution >= 4 is 21.8 Å². The fraction of sp³-hybridized carbons (Fsp3) is 0.533. The van der Waals surface area contributed by atoms with E-state index in [1.807, 2.05) is 0 Å². The van der Waals surface area contributed by atoms with Crippen molar-refractivity contribution in [2.75, 3.05) is 11.9 Å². The SMILES string of the molecule is O=C(NCC1CCCCC1CBr)c1ccc(F)c(F)c1. The molecule has 0 aliphatic heterocycles. The van der Waals surface area contributed by atoms with E-state index in [1.165, 1.54) is 25.3 Å². The number of carbonyl (C=O) groups excluding carboxylic acids is 1. The molecule has 0 saturated heterocycles. The Balaban J connectivity index is 1.92. The van der Waals surface area contributed by atoms with Crippen molar-refractivity contribution in [1.29, 1.82) is 0 Å². The van der Waals surface area contributed by atoms with Crippen LogP contribution in [0, 0.1) is 23.5 Å². The Kier molecular flexibility index (Phi) is 5.52. The topological polar surface area (TPSA) is 29.1 Å². The third kappa shape index (κ3) is 3.78. The zero-order valence-electron chi connectivity index (χ0n) is 11.2. The minimum Gasteiger partial charge on any atom is -0.352 e. The van der Waals surface area contributed by atoms with Crippen LogP contribution in [0.2, 0.25) is 0 Å². The van der Waals surface area contributed by atoms with Gasteiger partial charge in [-0.3, -0.25) is 4.79 Å². The van der Waals surface area contributed by atoms with Crippen molar-refractivity contribution in [3.05, 3.63) is 35.4 Å². The van der Waals surface area contributed by atoms with E-state index in [0.717, 1.165) is 23.9 Å². The maximum absolute atomic E-state index is 13.1. The highest BCUT2D eigenvalue weighted by Gasteiger charge is 2.24. The van der Waals surface area contributed by atoms with Crippen LogP contribution in [0.25, 0.3) is 0 Å². The van der Waals surface area contributed by atoms with Gasteiger partial charge in [-0.1, -0.05) is 28.8 Å². The van der Waals surface area contributed by atoms with Crippen molar-refractivity contribution in [3.63, 3.8) is 0 Å². The van der Waals surface area contributed by atoms with E-state index in [0.29, 0.717) is 18.4 Å². The van der Waals surface area contributed by atoms with Crippen LogP contribution in [0.3, 0.4) is 0 Å². The smallest absolute Gasteiger partial charge is 0.251 e. The molecule has 0 bridgehead atoms. The molecule has 0 aromatic heterocycles. The molecule has 2 nitrogen and oxygen atoms in total. The van der Waals surface area contributed by atoms with Gasteiger partial charge in [0.2, 0.25) is 0 Å². The van der Waals surface area contributed by atoms with Gasteiger partial charge in [0, 0.05) is 17.4 Å². The van der Waals surface area contributed by atoms with Crippen LogP contribution in [0.4, 0.5) is 8.78 Å². The molecule has 0 radical (unpaired) electrons. The van der Waals surface area contributed by atoms with E-state index in [2.05, 4.69) is 21.2 Å². The maximum atomic E-state index is 13.1. The van der Waals surface area contributed by atoms with Gasteiger partial charge in [0.05, 0.1) is 0 Å². The molecule has 1 aliphatic rings. The molecule has 0 spiro atoms. The Morgan fingerprint density at radius 2 is 1.90 bits per heavy atom. The van der Waals surface area contributed by atoms with Crippen LogP contribution < -0.4 is 5.32 Å². The largest absolute Gasteiger partial charge is 0.352 e. The van der Waals surface area contributed by atoms with Crippen LogP contribution in [0.5, 0.6) is 0 Å². The zero-order chi connectivity index (χ0) is 14.5. The van der Waals surface area contributed by atoms with Gasteiger partial charge in [0.1, 0.15) is 0 Å². The summed E-state index contributed by atoms with van der Waals surface area (Å²) in [5.41, 5.74) is 0.162. The molecule has 1 aromatic rings. The standard InChI is InChI=1S/C15H18BrF2NO/c16-8-11-3-1-2-4-12(11)9-19-15(20)10-5-6-13(17)14(18)7-10/h5-7,11-12H,1-4,8-9H2,(H,19,20). The molecule has 0 heterocycles. The monoisotopic (exact) mass is 345 g/mol. The molecule has 2 atom stereocenters. The van der Waals surface area contributed by atoms with Crippen LogP contribution >= 0.6 is 15.9 Å². The average Bonchev–Trinajstić information content (AvgIpc) is 2.47. The normalized spacial score (nSPS) is 22.6. The molecule has 2 rings (SSSR count). The predicted molar refractivity (Wildman–Crippen MR) is 77.9 cm³/mol. The Hall–Kier alpha value is -0.970. The first kappa shape index (κ1) is 15.4. The van der Waals surface area contributed by atoms with E-state index < -0.39 is 11.6 Å². The maximum Gasteiger partial charge on any atom is 0.251 e. The molecule has 1 N–H and O–H groups in total. The first-order valence-electron chi connectivity index (χ1n) is 6.91. The Morgan fingerprint density at radius 3 is 2.55 bits per heavy atom. The fourth-order valence-corrected chi connectivity index (χ4v) is 3.57. The van der Waals surface area contributed by atoms with Crippen LogP contribution in [-0.4, -0.2) is 17.8 Å². The van der Waals surface area contributed by atoms with E-state index in [4.69, 9.17) is 0 Å². The van der Waals surface area contributed by atoms with E-state index in [1.54, 1.807) is 0 Å². The third-order valence-corrected chi connectivity index (χ3v) is 4.80. The molecule has 20 heavy (non-hydrogen) atoms. The quantitative estimate of drug-likeness (QED) is 0.824. The molecule has 2 unspecified atom stereocenters. The number of hydrogen-bond donors (Lipinski definition) is 1. The second-order valence-corrected chi connectivity index (χ2v) is 5.95. The molecule has 5 heteroatoms. The van der Waals surface area contributed by atoms with Gasteiger partial charge in [-0.05, 0) is 42.9 Å². The number of rotatable bonds is 4. The molecule has 1 amide bonds. The van der Waals surface area contributed by atoms with Crippen molar-refractivity contribution in [3.8, 4) is 0 Å². The lowest BCUT2D eigenvalue weighted by atomic mass is 9.80. The number of carbonyl (C=O) groups is 1. The van der Waals surface area contributed by atoms with Gasteiger partial charge in [0.25, 0.3) is 5.91 Å². The number of amides is 1. The third-order valence-electron chi connectivity index (χ3n) is 3.97. The van der Waals surface area contributed by atoms with Gasteiger partial charge >= 0.3 is 0 Å². The summed E-state index contributed by atoms with van der Waals surface area (Å²) in [4.78, 5) is 11.9. The lowest BCUT2D eigenvalue weighted by Gasteiger charge is -2.30. The average molecular weight is 346 g/mol. The zero-order valence-corrected chi connectivity index (χ0v) is 12.8. The molecular weight excluding hydrogens is 328 g/mol. The summed E-state index contributed by atoms with van der Waals surface area (Å²) in [6.07, 6.45) is 4.71. The summed E-state index contributed by atoms with van der Waals surface area (Å²) in [6.45, 7) is 0.591.